The Balaban J connectivity index is 0. The number of carboxylic acids is 1. The van der Waals surface area contributed by atoms with E-state index in [4.69, 9.17) is 9.84 Å². The molecule has 0 aliphatic heterocycles. The van der Waals surface area contributed by atoms with Gasteiger partial charge in [0.05, 0.1) is 18.3 Å². The molecule has 0 aromatic carbocycles. The number of Topliss-reactive ketones (excluding diaryl/α,β-unsaturated/α-hetero) is 1. The average molecular weight is 615 g/mol. The summed E-state index contributed by atoms with van der Waals surface area (Å²) in [5.74, 6) is -0.931. The Kier molecular flexibility index (Phi) is 37.1. The van der Waals surface area contributed by atoms with Gasteiger partial charge in [0.15, 0.2) is 0 Å². The molecule has 1 atom stereocenters. The van der Waals surface area contributed by atoms with Gasteiger partial charge in [0, 0.05) is 12.8 Å². The quantitative estimate of drug-likeness (QED) is 0.0461. The third-order valence-electron chi connectivity index (χ3n) is 7.82. The number of carbonyl (C=O) groups is 3. The van der Waals surface area contributed by atoms with Crippen LogP contribution in [0.25, 0.3) is 0 Å². The molecular weight excluding hydrogens is 544 g/mol. The highest BCUT2D eigenvalue weighted by Gasteiger charge is 2.18. The van der Waals surface area contributed by atoms with Gasteiger partial charge >= 0.3 is 11.9 Å². The summed E-state index contributed by atoms with van der Waals surface area (Å²) in [6.45, 7) is 6.60. The van der Waals surface area contributed by atoms with Gasteiger partial charge in [-0.2, -0.15) is 12.6 Å². The Morgan fingerprint density at radius 1 is 0.548 bits per heavy atom. The van der Waals surface area contributed by atoms with E-state index in [2.05, 4.69) is 26.5 Å². The first-order valence-electron chi connectivity index (χ1n) is 18.0. The van der Waals surface area contributed by atoms with Crippen molar-refractivity contribution < 1.29 is 24.2 Å². The maximum atomic E-state index is 12.3. The lowest BCUT2D eigenvalue weighted by Gasteiger charge is -2.10. The summed E-state index contributed by atoms with van der Waals surface area (Å²) in [7, 11) is 0. The molecule has 0 bridgehead atoms. The first kappa shape index (κ1) is 43.1. The standard InChI is InChI=1S/C33H64O3S.C3H6O2/c1-3-5-7-9-11-13-15-16-17-18-19-20-22-24-26-28-31(34)32(37)30-33(35)36-29-27-25-23-21-14-12-10-8-6-4-2;1-2-3(4)5/h32,37H,3-30H2,1-2H3;2H2,1H3,(H,4,5). The van der Waals surface area contributed by atoms with Crippen LogP contribution in [0.15, 0.2) is 0 Å². The molecule has 0 aromatic heterocycles. The number of ether oxygens (including phenoxy) is 1. The lowest BCUT2D eigenvalue weighted by atomic mass is 10.0. The lowest BCUT2D eigenvalue weighted by molar-refractivity contribution is -0.144. The molecule has 0 amide bonds. The van der Waals surface area contributed by atoms with Crippen LogP contribution < -0.4 is 0 Å². The summed E-state index contributed by atoms with van der Waals surface area (Å²) in [6.07, 6.45) is 33.3. The lowest BCUT2D eigenvalue weighted by Crippen LogP contribution is -2.20. The fourth-order valence-electron chi connectivity index (χ4n) is 4.94. The molecule has 6 heteroatoms. The number of thiol groups is 1. The molecule has 42 heavy (non-hydrogen) atoms. The maximum absolute atomic E-state index is 12.3. The first-order chi connectivity index (χ1) is 20.4. The van der Waals surface area contributed by atoms with E-state index < -0.39 is 11.2 Å². The van der Waals surface area contributed by atoms with E-state index in [0.29, 0.717) is 13.0 Å². The highest BCUT2D eigenvalue weighted by molar-refractivity contribution is 7.81. The minimum absolute atomic E-state index is 0.0916. The van der Waals surface area contributed by atoms with Gasteiger partial charge < -0.3 is 9.84 Å². The zero-order valence-electron chi connectivity index (χ0n) is 28.1. The summed E-state index contributed by atoms with van der Waals surface area (Å²) < 4.78 is 5.33. The Bertz CT molecular complexity index is 595. The molecule has 0 spiro atoms. The van der Waals surface area contributed by atoms with Gasteiger partial charge in [0.2, 0.25) is 0 Å². The third kappa shape index (κ3) is 37.0. The molecule has 0 saturated carbocycles. The van der Waals surface area contributed by atoms with Crippen molar-refractivity contribution in [3.05, 3.63) is 0 Å². The Hall–Kier alpha value is -1.04. The van der Waals surface area contributed by atoms with E-state index in [9.17, 15) is 14.4 Å². The molecule has 5 nitrogen and oxygen atoms in total. The molecule has 0 heterocycles. The van der Waals surface area contributed by atoms with Crippen LogP contribution in [0.2, 0.25) is 0 Å². The molecule has 0 aromatic rings. The fourth-order valence-corrected chi connectivity index (χ4v) is 5.22. The monoisotopic (exact) mass is 614 g/mol. The fraction of sp³-hybridized carbons (Fsp3) is 0.917. The number of hydrogen-bond acceptors (Lipinski definition) is 5. The second-order valence-electron chi connectivity index (χ2n) is 12.0. The SMILES string of the molecule is CCC(=O)O.CCCCCCCCCCCCCCCCCC(=O)C(S)CC(=O)OCCCCCCCCCCCC. The van der Waals surface area contributed by atoms with Gasteiger partial charge in [-0.1, -0.05) is 168 Å². The minimum Gasteiger partial charge on any atom is -0.481 e. The highest BCUT2D eigenvalue weighted by Crippen LogP contribution is 2.16. The summed E-state index contributed by atoms with van der Waals surface area (Å²) >= 11 is 4.37. The average Bonchev–Trinajstić information content (AvgIpc) is 2.98. The van der Waals surface area contributed by atoms with Gasteiger partial charge in [0.1, 0.15) is 5.78 Å². The number of ketones is 1. The van der Waals surface area contributed by atoms with Gasteiger partial charge in [-0.05, 0) is 12.8 Å². The van der Waals surface area contributed by atoms with Crippen LogP contribution in [0.5, 0.6) is 0 Å². The molecule has 1 N–H and O–H groups in total. The number of aliphatic carboxylic acids is 1. The number of esters is 1. The molecule has 0 radical (unpaired) electrons. The third-order valence-corrected chi connectivity index (χ3v) is 8.29. The molecule has 250 valence electrons. The van der Waals surface area contributed by atoms with Crippen LogP contribution in [0.4, 0.5) is 0 Å². The van der Waals surface area contributed by atoms with E-state index in [1.807, 2.05) is 0 Å². The molecule has 0 fully saturated rings. The Morgan fingerprint density at radius 3 is 1.19 bits per heavy atom. The first-order valence-corrected chi connectivity index (χ1v) is 18.5. The van der Waals surface area contributed by atoms with Crippen molar-refractivity contribution in [2.75, 3.05) is 6.61 Å². The summed E-state index contributed by atoms with van der Waals surface area (Å²) in [5, 5.41) is 7.21. The number of carboxylic acid groups (broad SMARTS) is 1. The molecule has 1 unspecified atom stereocenters. The van der Waals surface area contributed by atoms with Crippen LogP contribution in [0, 0.1) is 0 Å². The zero-order valence-corrected chi connectivity index (χ0v) is 29.0. The second kappa shape index (κ2) is 36.2. The predicted molar refractivity (Wildman–Crippen MR) is 183 cm³/mol. The highest BCUT2D eigenvalue weighted by atomic mass is 32.1. The van der Waals surface area contributed by atoms with Crippen molar-refractivity contribution in [1.82, 2.24) is 0 Å². The van der Waals surface area contributed by atoms with Crippen LogP contribution >= 0.6 is 12.6 Å². The maximum Gasteiger partial charge on any atom is 0.307 e. The smallest absolute Gasteiger partial charge is 0.307 e. The van der Waals surface area contributed by atoms with Crippen molar-refractivity contribution >= 4 is 30.4 Å². The molecule has 0 aliphatic rings. The van der Waals surface area contributed by atoms with E-state index >= 15 is 0 Å². The van der Waals surface area contributed by atoms with E-state index in [1.54, 1.807) is 6.92 Å². The molecule has 0 saturated heterocycles. The van der Waals surface area contributed by atoms with E-state index in [-0.39, 0.29) is 24.6 Å². The van der Waals surface area contributed by atoms with Crippen molar-refractivity contribution in [1.29, 1.82) is 0 Å². The van der Waals surface area contributed by atoms with Crippen LogP contribution in [-0.2, 0) is 19.1 Å². The van der Waals surface area contributed by atoms with E-state index in [0.717, 1.165) is 25.7 Å². The zero-order chi connectivity index (χ0) is 31.5. The van der Waals surface area contributed by atoms with Crippen LogP contribution in [0.1, 0.15) is 201 Å². The van der Waals surface area contributed by atoms with Gasteiger partial charge in [-0.15, -0.1) is 0 Å². The number of hydrogen-bond donors (Lipinski definition) is 2. The second-order valence-corrected chi connectivity index (χ2v) is 12.7. The van der Waals surface area contributed by atoms with Crippen molar-refractivity contribution in [2.24, 2.45) is 0 Å². The topological polar surface area (TPSA) is 80.7 Å². The van der Waals surface area contributed by atoms with Crippen molar-refractivity contribution in [3.8, 4) is 0 Å². The van der Waals surface area contributed by atoms with Crippen molar-refractivity contribution in [2.45, 2.75) is 206 Å². The minimum atomic E-state index is -0.745. The molecular formula is C36H70O5S. The summed E-state index contributed by atoms with van der Waals surface area (Å²) in [4.78, 5) is 33.7. The summed E-state index contributed by atoms with van der Waals surface area (Å²) in [5.41, 5.74) is 0. The number of carbonyl (C=O) groups excluding carboxylic acids is 2. The predicted octanol–water partition coefficient (Wildman–Crippen LogP) is 11.5. The number of unbranched alkanes of at least 4 members (excludes halogenated alkanes) is 23. The van der Waals surface area contributed by atoms with Crippen LogP contribution in [-0.4, -0.2) is 34.7 Å². The largest absolute Gasteiger partial charge is 0.481 e. The van der Waals surface area contributed by atoms with E-state index in [1.165, 1.54) is 135 Å². The molecule has 0 rings (SSSR count). The van der Waals surface area contributed by atoms with Gasteiger partial charge in [-0.25, -0.2) is 0 Å². The van der Waals surface area contributed by atoms with Gasteiger partial charge in [0.25, 0.3) is 0 Å². The Morgan fingerprint density at radius 2 is 0.857 bits per heavy atom. The normalized spacial score (nSPS) is 11.5. The summed E-state index contributed by atoms with van der Waals surface area (Å²) in [6, 6.07) is 0. The molecule has 0 aliphatic carbocycles. The van der Waals surface area contributed by atoms with Crippen LogP contribution in [0.3, 0.4) is 0 Å². The van der Waals surface area contributed by atoms with Crippen molar-refractivity contribution in [3.63, 3.8) is 0 Å². The Labute approximate surface area is 266 Å². The van der Waals surface area contributed by atoms with Gasteiger partial charge in [-0.3, -0.25) is 14.4 Å². The number of rotatable bonds is 31.